The molecule has 0 fully saturated rings. The fraction of sp³-hybridized carbons (Fsp3) is 0.364. The summed E-state index contributed by atoms with van der Waals surface area (Å²) in [6.45, 7) is 7.34. The molecule has 0 saturated heterocycles. The van der Waals surface area contributed by atoms with Crippen molar-refractivity contribution in [2.24, 2.45) is 0 Å². The summed E-state index contributed by atoms with van der Waals surface area (Å²) in [6.07, 6.45) is 2.73. The van der Waals surface area contributed by atoms with Gasteiger partial charge in [0.2, 0.25) is 10.0 Å². The van der Waals surface area contributed by atoms with Crippen LogP contribution in [0.5, 0.6) is 0 Å². The van der Waals surface area contributed by atoms with Crippen LogP contribution in [0.2, 0.25) is 10.2 Å². The number of hydrogen-bond acceptors (Lipinski definition) is 3. The Morgan fingerprint density at radius 3 is 2.56 bits per heavy atom. The third-order valence-electron chi connectivity index (χ3n) is 2.26. The Morgan fingerprint density at radius 1 is 1.50 bits per heavy atom. The summed E-state index contributed by atoms with van der Waals surface area (Å²) in [4.78, 5) is 3.77. The Hall–Kier alpha value is -0.620. The average molecular weight is 309 g/mol. The minimum absolute atomic E-state index is 0.0208. The summed E-state index contributed by atoms with van der Waals surface area (Å²) in [5, 5.41) is 0.190. The van der Waals surface area contributed by atoms with Gasteiger partial charge in [0.25, 0.3) is 0 Å². The molecule has 0 unspecified atom stereocenters. The lowest BCUT2D eigenvalue weighted by Gasteiger charge is -2.24. The molecule has 0 amide bonds. The fourth-order valence-electron chi connectivity index (χ4n) is 1.39. The standard InChI is InChI=1S/C11H14Cl2N2O2S/c1-4-5-15(8(2)3)18(16,17)9-6-10(12)11(13)14-7-9/h4,6-8H,1,5H2,2-3H3. The molecule has 0 aliphatic carbocycles. The maximum absolute atomic E-state index is 12.4. The molecule has 1 aromatic rings. The Morgan fingerprint density at radius 2 is 2.11 bits per heavy atom. The second-order valence-electron chi connectivity index (χ2n) is 3.90. The van der Waals surface area contributed by atoms with Gasteiger partial charge < -0.3 is 0 Å². The summed E-state index contributed by atoms with van der Waals surface area (Å²) in [5.41, 5.74) is 0. The molecule has 1 rings (SSSR count). The van der Waals surface area contributed by atoms with E-state index in [9.17, 15) is 8.42 Å². The highest BCUT2D eigenvalue weighted by atomic mass is 35.5. The molecule has 0 aliphatic heterocycles. The first-order chi connectivity index (χ1) is 8.30. The zero-order chi connectivity index (χ0) is 13.9. The third-order valence-corrected chi connectivity index (χ3v) is 4.96. The maximum atomic E-state index is 12.4. The van der Waals surface area contributed by atoms with Gasteiger partial charge in [-0.05, 0) is 19.9 Å². The zero-order valence-corrected chi connectivity index (χ0v) is 12.4. The van der Waals surface area contributed by atoms with Gasteiger partial charge >= 0.3 is 0 Å². The van der Waals surface area contributed by atoms with Crippen LogP contribution in [0.15, 0.2) is 29.8 Å². The Bertz CT molecular complexity index is 544. The molecule has 7 heteroatoms. The van der Waals surface area contributed by atoms with Crippen LogP contribution in [-0.4, -0.2) is 30.3 Å². The van der Waals surface area contributed by atoms with Crippen LogP contribution in [-0.2, 0) is 10.0 Å². The topological polar surface area (TPSA) is 50.3 Å². The molecular formula is C11H14Cl2N2O2S. The molecule has 0 radical (unpaired) electrons. The van der Waals surface area contributed by atoms with E-state index in [1.54, 1.807) is 13.8 Å². The van der Waals surface area contributed by atoms with Crippen LogP contribution in [0.3, 0.4) is 0 Å². The summed E-state index contributed by atoms with van der Waals surface area (Å²) in [6, 6.07) is 1.10. The smallest absolute Gasteiger partial charge is 0.242 e. The molecule has 0 aromatic carbocycles. The van der Waals surface area contributed by atoms with E-state index in [1.165, 1.54) is 22.6 Å². The number of sulfonamides is 1. The molecule has 1 aromatic heterocycles. The fourth-order valence-corrected chi connectivity index (χ4v) is 3.31. The Labute approximate surface area is 117 Å². The van der Waals surface area contributed by atoms with Crippen molar-refractivity contribution >= 4 is 33.2 Å². The molecule has 0 atom stereocenters. The van der Waals surface area contributed by atoms with Crippen LogP contribution >= 0.6 is 23.2 Å². The minimum atomic E-state index is -3.65. The van der Waals surface area contributed by atoms with Crippen LogP contribution < -0.4 is 0 Å². The van der Waals surface area contributed by atoms with Gasteiger partial charge in [0.15, 0.2) is 0 Å². The first-order valence-electron chi connectivity index (χ1n) is 5.24. The summed E-state index contributed by atoms with van der Waals surface area (Å²) in [5.74, 6) is 0. The Kier molecular flexibility index (Phi) is 5.16. The second kappa shape index (κ2) is 6.02. The van der Waals surface area contributed by atoms with Gasteiger partial charge in [-0.25, -0.2) is 13.4 Å². The van der Waals surface area contributed by atoms with Crippen LogP contribution in [0.4, 0.5) is 0 Å². The maximum Gasteiger partial charge on any atom is 0.245 e. The predicted molar refractivity (Wildman–Crippen MR) is 73.5 cm³/mol. The molecule has 0 saturated carbocycles. The van der Waals surface area contributed by atoms with E-state index in [4.69, 9.17) is 23.2 Å². The predicted octanol–water partition coefficient (Wildman–Crippen LogP) is 2.97. The van der Waals surface area contributed by atoms with E-state index in [1.807, 2.05) is 0 Å². The van der Waals surface area contributed by atoms with Gasteiger partial charge in [-0.1, -0.05) is 29.3 Å². The molecule has 100 valence electrons. The largest absolute Gasteiger partial charge is 0.245 e. The lowest BCUT2D eigenvalue weighted by molar-refractivity contribution is 0.382. The molecule has 0 N–H and O–H groups in total. The lowest BCUT2D eigenvalue weighted by atomic mass is 10.4. The van der Waals surface area contributed by atoms with Crippen molar-refractivity contribution in [3.63, 3.8) is 0 Å². The zero-order valence-electron chi connectivity index (χ0n) is 10.1. The quantitative estimate of drug-likeness (QED) is 0.620. The van der Waals surface area contributed by atoms with Crippen molar-refractivity contribution < 1.29 is 8.42 Å². The molecule has 1 heterocycles. The number of aromatic nitrogens is 1. The highest BCUT2D eigenvalue weighted by Gasteiger charge is 2.26. The molecular weight excluding hydrogens is 295 g/mol. The first-order valence-corrected chi connectivity index (χ1v) is 7.44. The van der Waals surface area contributed by atoms with Gasteiger partial charge in [0.1, 0.15) is 10.0 Å². The SMILES string of the molecule is C=CCN(C(C)C)S(=O)(=O)c1cnc(Cl)c(Cl)c1. The van der Waals surface area contributed by atoms with Crippen molar-refractivity contribution in [2.75, 3.05) is 6.54 Å². The van der Waals surface area contributed by atoms with Crippen molar-refractivity contribution in [1.82, 2.24) is 9.29 Å². The normalized spacial score (nSPS) is 12.1. The number of pyridine rings is 1. The Balaban J connectivity index is 3.26. The molecule has 0 aliphatic rings. The third kappa shape index (κ3) is 3.23. The van der Waals surface area contributed by atoms with Gasteiger partial charge in [0.05, 0.1) is 5.02 Å². The summed E-state index contributed by atoms with van der Waals surface area (Å²) < 4.78 is 26.0. The van der Waals surface area contributed by atoms with Gasteiger partial charge in [-0.2, -0.15) is 4.31 Å². The van der Waals surface area contributed by atoms with E-state index >= 15 is 0 Å². The highest BCUT2D eigenvalue weighted by molar-refractivity contribution is 7.89. The van der Waals surface area contributed by atoms with Crippen LogP contribution in [0.25, 0.3) is 0 Å². The number of halogens is 2. The number of nitrogens with zero attached hydrogens (tertiary/aromatic N) is 2. The van der Waals surface area contributed by atoms with Crippen molar-refractivity contribution in [1.29, 1.82) is 0 Å². The highest BCUT2D eigenvalue weighted by Crippen LogP contribution is 2.25. The molecule has 18 heavy (non-hydrogen) atoms. The number of hydrogen-bond donors (Lipinski definition) is 0. The van der Waals surface area contributed by atoms with E-state index in [0.717, 1.165) is 0 Å². The van der Waals surface area contributed by atoms with Crippen molar-refractivity contribution in [2.45, 2.75) is 24.8 Å². The summed E-state index contributed by atoms with van der Waals surface area (Å²) >= 11 is 11.4. The van der Waals surface area contributed by atoms with Crippen molar-refractivity contribution in [3.05, 3.63) is 35.1 Å². The van der Waals surface area contributed by atoms with E-state index in [2.05, 4.69) is 11.6 Å². The monoisotopic (exact) mass is 308 g/mol. The van der Waals surface area contributed by atoms with Crippen LogP contribution in [0, 0.1) is 0 Å². The van der Waals surface area contributed by atoms with E-state index in [-0.39, 0.29) is 27.7 Å². The lowest BCUT2D eigenvalue weighted by Crippen LogP contribution is -2.37. The molecule has 4 nitrogen and oxygen atoms in total. The average Bonchev–Trinajstić information content (AvgIpc) is 2.28. The van der Waals surface area contributed by atoms with Crippen molar-refractivity contribution in [3.8, 4) is 0 Å². The van der Waals surface area contributed by atoms with Gasteiger partial charge in [-0.3, -0.25) is 0 Å². The number of rotatable bonds is 5. The summed E-state index contributed by atoms with van der Waals surface area (Å²) in [7, 11) is -3.65. The molecule has 0 spiro atoms. The van der Waals surface area contributed by atoms with Crippen LogP contribution in [0.1, 0.15) is 13.8 Å². The first kappa shape index (κ1) is 15.4. The van der Waals surface area contributed by atoms with Gasteiger partial charge in [0, 0.05) is 18.8 Å². The van der Waals surface area contributed by atoms with Gasteiger partial charge in [-0.15, -0.1) is 6.58 Å². The molecule has 0 bridgehead atoms. The van der Waals surface area contributed by atoms with E-state index in [0.29, 0.717) is 0 Å². The van der Waals surface area contributed by atoms with E-state index < -0.39 is 10.0 Å². The second-order valence-corrected chi connectivity index (χ2v) is 6.56. The minimum Gasteiger partial charge on any atom is -0.242 e.